The SMILES string of the molecule is CCC(C)NC(=O)CN1C(=O)/C(=C\c2ccccc2Br)Oc2ccccc21. The molecule has 0 aliphatic carbocycles. The first-order chi connectivity index (χ1) is 13.0. The van der Waals surface area contributed by atoms with Crippen LogP contribution in [0.4, 0.5) is 5.69 Å². The molecule has 0 saturated heterocycles. The summed E-state index contributed by atoms with van der Waals surface area (Å²) in [5.74, 6) is 0.182. The number of nitrogens with zero attached hydrogens (tertiary/aromatic N) is 1. The Morgan fingerprint density at radius 2 is 1.93 bits per heavy atom. The van der Waals surface area contributed by atoms with Crippen LogP contribution in [-0.2, 0) is 9.59 Å². The van der Waals surface area contributed by atoms with Crippen LogP contribution in [0.25, 0.3) is 6.08 Å². The van der Waals surface area contributed by atoms with Crippen LogP contribution < -0.4 is 15.0 Å². The molecule has 0 aromatic heterocycles. The molecule has 0 saturated carbocycles. The van der Waals surface area contributed by atoms with Gasteiger partial charge >= 0.3 is 0 Å². The predicted molar refractivity (Wildman–Crippen MR) is 109 cm³/mol. The van der Waals surface area contributed by atoms with Crippen LogP contribution in [0.1, 0.15) is 25.8 Å². The zero-order valence-corrected chi connectivity index (χ0v) is 16.8. The van der Waals surface area contributed by atoms with Crippen LogP contribution >= 0.6 is 15.9 Å². The molecule has 3 rings (SSSR count). The minimum absolute atomic E-state index is 0.0548. The maximum absolute atomic E-state index is 13.0. The summed E-state index contributed by atoms with van der Waals surface area (Å²) in [4.78, 5) is 26.9. The molecule has 2 amide bonds. The van der Waals surface area contributed by atoms with Gasteiger partial charge in [0.15, 0.2) is 11.5 Å². The molecule has 5 nitrogen and oxygen atoms in total. The molecule has 1 aliphatic rings. The van der Waals surface area contributed by atoms with Crippen molar-refractivity contribution in [3.8, 4) is 5.75 Å². The number of ether oxygens (including phenoxy) is 1. The first-order valence-corrected chi connectivity index (χ1v) is 9.63. The summed E-state index contributed by atoms with van der Waals surface area (Å²) in [5.41, 5.74) is 1.41. The fourth-order valence-corrected chi connectivity index (χ4v) is 3.12. The summed E-state index contributed by atoms with van der Waals surface area (Å²) >= 11 is 3.48. The van der Waals surface area contributed by atoms with Crippen LogP contribution in [-0.4, -0.2) is 24.4 Å². The number of nitrogens with one attached hydrogen (secondary N) is 1. The Labute approximate surface area is 167 Å². The average Bonchev–Trinajstić information content (AvgIpc) is 2.66. The third-order valence-electron chi connectivity index (χ3n) is 4.35. The summed E-state index contributed by atoms with van der Waals surface area (Å²) in [6.07, 6.45) is 2.51. The van der Waals surface area contributed by atoms with Gasteiger partial charge in [-0.2, -0.15) is 0 Å². The van der Waals surface area contributed by atoms with E-state index in [1.807, 2.05) is 50.2 Å². The lowest BCUT2D eigenvalue weighted by Crippen LogP contribution is -2.46. The number of carbonyl (C=O) groups excluding carboxylic acids is 2. The second kappa shape index (κ2) is 8.39. The maximum atomic E-state index is 13.0. The Kier molecular flexibility index (Phi) is 5.96. The minimum atomic E-state index is -0.344. The van der Waals surface area contributed by atoms with E-state index in [-0.39, 0.29) is 30.2 Å². The van der Waals surface area contributed by atoms with E-state index < -0.39 is 0 Å². The molecule has 2 aromatic rings. The van der Waals surface area contributed by atoms with Gasteiger partial charge in [0.05, 0.1) is 5.69 Å². The molecule has 1 N–H and O–H groups in total. The van der Waals surface area contributed by atoms with E-state index in [1.165, 1.54) is 4.90 Å². The molecule has 1 atom stereocenters. The molecule has 1 unspecified atom stereocenters. The molecular formula is C21H21BrN2O3. The van der Waals surface area contributed by atoms with E-state index in [0.717, 1.165) is 16.5 Å². The normalized spacial score (nSPS) is 15.9. The van der Waals surface area contributed by atoms with Gasteiger partial charge in [-0.05, 0) is 43.2 Å². The van der Waals surface area contributed by atoms with Crippen molar-refractivity contribution in [2.45, 2.75) is 26.3 Å². The maximum Gasteiger partial charge on any atom is 0.294 e. The Hall–Kier alpha value is -2.60. The van der Waals surface area contributed by atoms with Crippen molar-refractivity contribution in [1.82, 2.24) is 5.32 Å². The molecule has 140 valence electrons. The predicted octanol–water partition coefficient (Wildman–Crippen LogP) is 4.13. The lowest BCUT2D eigenvalue weighted by Gasteiger charge is -2.30. The molecule has 6 heteroatoms. The minimum Gasteiger partial charge on any atom is -0.449 e. The first-order valence-electron chi connectivity index (χ1n) is 8.84. The number of carbonyl (C=O) groups is 2. The number of hydrogen-bond donors (Lipinski definition) is 1. The molecule has 0 bridgehead atoms. The van der Waals surface area contributed by atoms with E-state index in [0.29, 0.717) is 11.4 Å². The van der Waals surface area contributed by atoms with E-state index in [4.69, 9.17) is 4.74 Å². The standard InChI is InChI=1S/C21H21BrN2O3/c1-3-14(2)23-20(25)13-24-17-10-6-7-11-18(17)27-19(21(24)26)12-15-8-4-5-9-16(15)22/h4-12,14H,3,13H2,1-2H3,(H,23,25)/b19-12+. The summed E-state index contributed by atoms with van der Waals surface area (Å²) in [6, 6.07) is 14.8. The first kappa shape index (κ1) is 19.2. The van der Waals surface area contributed by atoms with Crippen LogP contribution in [0.5, 0.6) is 5.75 Å². The lowest BCUT2D eigenvalue weighted by atomic mass is 10.1. The smallest absolute Gasteiger partial charge is 0.294 e. The Morgan fingerprint density at radius 3 is 2.67 bits per heavy atom. The van der Waals surface area contributed by atoms with Crippen molar-refractivity contribution in [1.29, 1.82) is 0 Å². The van der Waals surface area contributed by atoms with Crippen molar-refractivity contribution in [3.05, 3.63) is 64.3 Å². The van der Waals surface area contributed by atoms with E-state index in [1.54, 1.807) is 18.2 Å². The fourth-order valence-electron chi connectivity index (χ4n) is 2.72. The number of rotatable bonds is 5. The van der Waals surface area contributed by atoms with Gasteiger partial charge < -0.3 is 10.1 Å². The Bertz CT molecular complexity index is 895. The van der Waals surface area contributed by atoms with Crippen molar-refractivity contribution >= 4 is 39.5 Å². The number of anilines is 1. The highest BCUT2D eigenvalue weighted by Crippen LogP contribution is 2.35. The monoisotopic (exact) mass is 428 g/mol. The molecule has 27 heavy (non-hydrogen) atoms. The number of halogens is 1. The zero-order chi connectivity index (χ0) is 19.4. The molecule has 2 aromatic carbocycles. The van der Waals surface area contributed by atoms with Crippen molar-refractivity contribution in [2.24, 2.45) is 0 Å². The number of fused-ring (bicyclic) bond motifs is 1. The zero-order valence-electron chi connectivity index (χ0n) is 15.2. The molecule has 0 fully saturated rings. The lowest BCUT2D eigenvalue weighted by molar-refractivity contribution is -0.123. The molecule has 0 radical (unpaired) electrons. The third kappa shape index (κ3) is 4.39. The van der Waals surface area contributed by atoms with Gasteiger partial charge in [0.25, 0.3) is 5.91 Å². The van der Waals surface area contributed by atoms with E-state index in [9.17, 15) is 9.59 Å². The topological polar surface area (TPSA) is 58.6 Å². The van der Waals surface area contributed by atoms with Gasteiger partial charge in [-0.15, -0.1) is 0 Å². The quantitative estimate of drug-likeness (QED) is 0.728. The average molecular weight is 429 g/mol. The second-order valence-electron chi connectivity index (χ2n) is 6.37. The van der Waals surface area contributed by atoms with Gasteiger partial charge in [0, 0.05) is 10.5 Å². The van der Waals surface area contributed by atoms with Crippen LogP contribution in [0.3, 0.4) is 0 Å². The summed E-state index contributed by atoms with van der Waals surface area (Å²) in [6.45, 7) is 3.88. The van der Waals surface area contributed by atoms with Gasteiger partial charge in [0.2, 0.25) is 5.91 Å². The van der Waals surface area contributed by atoms with Gasteiger partial charge in [0.1, 0.15) is 6.54 Å². The molecule has 0 spiro atoms. The van der Waals surface area contributed by atoms with Crippen LogP contribution in [0.15, 0.2) is 58.8 Å². The van der Waals surface area contributed by atoms with Crippen molar-refractivity contribution in [3.63, 3.8) is 0 Å². The van der Waals surface area contributed by atoms with Crippen molar-refractivity contribution < 1.29 is 14.3 Å². The highest BCUT2D eigenvalue weighted by atomic mass is 79.9. The number of benzene rings is 2. The molecule has 1 heterocycles. The van der Waals surface area contributed by atoms with Gasteiger partial charge in [-0.3, -0.25) is 14.5 Å². The van der Waals surface area contributed by atoms with E-state index in [2.05, 4.69) is 21.2 Å². The number of para-hydroxylation sites is 2. The Balaban J connectivity index is 1.93. The largest absolute Gasteiger partial charge is 0.449 e. The third-order valence-corrected chi connectivity index (χ3v) is 5.07. The highest BCUT2D eigenvalue weighted by Gasteiger charge is 2.31. The molecule has 1 aliphatic heterocycles. The van der Waals surface area contributed by atoms with Crippen LogP contribution in [0.2, 0.25) is 0 Å². The summed E-state index contributed by atoms with van der Waals surface area (Å²) in [5, 5.41) is 2.90. The summed E-state index contributed by atoms with van der Waals surface area (Å²) in [7, 11) is 0. The number of amides is 2. The molecular weight excluding hydrogens is 408 g/mol. The summed E-state index contributed by atoms with van der Waals surface area (Å²) < 4.78 is 6.69. The fraction of sp³-hybridized carbons (Fsp3) is 0.238. The van der Waals surface area contributed by atoms with E-state index >= 15 is 0 Å². The van der Waals surface area contributed by atoms with Crippen molar-refractivity contribution in [2.75, 3.05) is 11.4 Å². The van der Waals surface area contributed by atoms with Crippen LogP contribution in [0, 0.1) is 0 Å². The van der Waals surface area contributed by atoms with Gasteiger partial charge in [-0.1, -0.05) is 53.2 Å². The highest BCUT2D eigenvalue weighted by molar-refractivity contribution is 9.10. The van der Waals surface area contributed by atoms with Gasteiger partial charge in [-0.25, -0.2) is 0 Å². The second-order valence-corrected chi connectivity index (χ2v) is 7.22. The Morgan fingerprint density at radius 1 is 1.22 bits per heavy atom. The number of hydrogen-bond acceptors (Lipinski definition) is 3.